The molecule has 5 nitrogen and oxygen atoms in total. The first-order chi connectivity index (χ1) is 13.6. The highest BCUT2D eigenvalue weighted by Crippen LogP contribution is 2.39. The fourth-order valence-electron chi connectivity index (χ4n) is 2.82. The lowest BCUT2D eigenvalue weighted by Crippen LogP contribution is -2.17. The zero-order valence-electron chi connectivity index (χ0n) is 15.2. The molecule has 0 N–H and O–H groups in total. The Bertz CT molecular complexity index is 1010. The van der Waals surface area contributed by atoms with Crippen LogP contribution < -0.4 is 4.74 Å². The van der Waals surface area contributed by atoms with Gasteiger partial charge in [0.25, 0.3) is 0 Å². The van der Waals surface area contributed by atoms with Crippen LogP contribution in [0.5, 0.6) is 5.75 Å². The second-order valence-electron chi connectivity index (χ2n) is 6.05. The standard InChI is InChI=1S/C18H15F6N3O2/c1-3-28-8-14-25-26-17-15(18(22,23)24)11(4-5-27(14)17)9(2)29-16-12(20)6-10(19)7-13(16)21/h4-7,9H,3,8H2,1-2H3. The molecule has 1 unspecified atom stereocenters. The molecular formula is C18H15F6N3O2. The van der Waals surface area contributed by atoms with Crippen LogP contribution in [0.25, 0.3) is 5.65 Å². The number of fused-ring (bicyclic) bond motifs is 1. The normalized spacial score (nSPS) is 13.1. The summed E-state index contributed by atoms with van der Waals surface area (Å²) in [5, 5.41) is 7.31. The van der Waals surface area contributed by atoms with E-state index in [-0.39, 0.29) is 12.4 Å². The van der Waals surface area contributed by atoms with E-state index in [1.54, 1.807) is 6.92 Å². The Morgan fingerprint density at radius 2 is 1.76 bits per heavy atom. The zero-order valence-corrected chi connectivity index (χ0v) is 15.2. The van der Waals surface area contributed by atoms with Crippen molar-refractivity contribution in [2.45, 2.75) is 32.7 Å². The van der Waals surface area contributed by atoms with Crippen molar-refractivity contribution < 1.29 is 35.8 Å². The molecule has 1 atom stereocenters. The van der Waals surface area contributed by atoms with Crippen molar-refractivity contribution in [3.8, 4) is 5.75 Å². The predicted octanol–water partition coefficient (Wildman–Crippen LogP) is 4.84. The van der Waals surface area contributed by atoms with E-state index in [2.05, 4.69) is 10.2 Å². The number of nitrogens with zero attached hydrogens (tertiary/aromatic N) is 3. The Hall–Kier alpha value is -2.82. The number of halogens is 6. The number of alkyl halides is 3. The van der Waals surface area contributed by atoms with Gasteiger partial charge in [0.05, 0.1) is 0 Å². The highest BCUT2D eigenvalue weighted by molar-refractivity contribution is 5.54. The third-order valence-corrected chi connectivity index (χ3v) is 4.10. The molecule has 156 valence electrons. The molecule has 0 aliphatic carbocycles. The molecule has 0 saturated heterocycles. The summed E-state index contributed by atoms with van der Waals surface area (Å²) in [7, 11) is 0. The van der Waals surface area contributed by atoms with Crippen molar-refractivity contribution in [1.82, 2.24) is 14.6 Å². The van der Waals surface area contributed by atoms with Gasteiger partial charge in [-0.1, -0.05) is 0 Å². The van der Waals surface area contributed by atoms with Gasteiger partial charge in [-0.05, 0) is 19.9 Å². The molecule has 3 aromatic rings. The van der Waals surface area contributed by atoms with Crippen LogP contribution in [0.4, 0.5) is 26.3 Å². The average Bonchev–Trinajstić information content (AvgIpc) is 3.03. The van der Waals surface area contributed by atoms with Gasteiger partial charge in [-0.2, -0.15) is 13.2 Å². The minimum absolute atomic E-state index is 0.0492. The van der Waals surface area contributed by atoms with Gasteiger partial charge in [-0.3, -0.25) is 4.40 Å². The minimum Gasteiger partial charge on any atom is -0.480 e. The molecule has 0 radical (unpaired) electrons. The van der Waals surface area contributed by atoms with Gasteiger partial charge in [0, 0.05) is 30.5 Å². The Labute approximate surface area is 160 Å². The van der Waals surface area contributed by atoms with Crippen molar-refractivity contribution >= 4 is 5.65 Å². The molecule has 0 saturated carbocycles. The molecule has 11 heteroatoms. The first-order valence-electron chi connectivity index (χ1n) is 8.46. The van der Waals surface area contributed by atoms with Gasteiger partial charge in [-0.15, -0.1) is 10.2 Å². The van der Waals surface area contributed by atoms with Gasteiger partial charge < -0.3 is 9.47 Å². The van der Waals surface area contributed by atoms with E-state index in [1.807, 2.05) is 0 Å². The fraction of sp³-hybridized carbons (Fsp3) is 0.333. The van der Waals surface area contributed by atoms with E-state index in [0.29, 0.717) is 18.7 Å². The molecule has 3 rings (SSSR count). The number of aromatic nitrogens is 3. The Balaban J connectivity index is 2.07. The van der Waals surface area contributed by atoms with Crippen LogP contribution in [0.1, 0.15) is 36.9 Å². The van der Waals surface area contributed by atoms with E-state index in [4.69, 9.17) is 9.47 Å². The molecule has 2 heterocycles. The summed E-state index contributed by atoms with van der Waals surface area (Å²) in [4.78, 5) is 0. The monoisotopic (exact) mass is 419 g/mol. The van der Waals surface area contributed by atoms with Gasteiger partial charge in [0.15, 0.2) is 28.9 Å². The van der Waals surface area contributed by atoms with Crippen LogP contribution in [-0.4, -0.2) is 21.2 Å². The zero-order chi connectivity index (χ0) is 21.3. The maximum absolute atomic E-state index is 13.8. The SMILES string of the molecule is CCOCc1nnc2c(C(F)(F)F)c(C(C)Oc3c(F)cc(F)cc3F)ccn12. The summed E-state index contributed by atoms with van der Waals surface area (Å²) in [5.74, 6) is -4.74. The quantitative estimate of drug-likeness (QED) is 0.537. The van der Waals surface area contributed by atoms with Gasteiger partial charge in [0.2, 0.25) is 0 Å². The largest absolute Gasteiger partial charge is 0.480 e. The van der Waals surface area contributed by atoms with E-state index in [1.165, 1.54) is 13.1 Å². The molecular weight excluding hydrogens is 404 g/mol. The van der Waals surface area contributed by atoms with Gasteiger partial charge in [0.1, 0.15) is 24.1 Å². The first kappa shape index (κ1) is 20.9. The lowest BCUT2D eigenvalue weighted by atomic mass is 10.0. The third-order valence-electron chi connectivity index (χ3n) is 4.10. The van der Waals surface area contributed by atoms with E-state index < -0.39 is 52.3 Å². The van der Waals surface area contributed by atoms with Crippen LogP contribution in [0, 0.1) is 17.5 Å². The summed E-state index contributed by atoms with van der Waals surface area (Å²) < 4.78 is 93.4. The minimum atomic E-state index is -4.86. The van der Waals surface area contributed by atoms with E-state index >= 15 is 0 Å². The van der Waals surface area contributed by atoms with Crippen molar-refractivity contribution in [3.05, 3.63) is 58.8 Å². The fourth-order valence-corrected chi connectivity index (χ4v) is 2.82. The molecule has 2 aromatic heterocycles. The smallest absolute Gasteiger partial charge is 0.420 e. The van der Waals surface area contributed by atoms with Crippen LogP contribution >= 0.6 is 0 Å². The predicted molar refractivity (Wildman–Crippen MR) is 88.7 cm³/mol. The van der Waals surface area contributed by atoms with Crippen LogP contribution in [0.15, 0.2) is 24.4 Å². The number of hydrogen-bond donors (Lipinski definition) is 0. The summed E-state index contributed by atoms with van der Waals surface area (Å²) in [5.41, 5.74) is -2.07. The van der Waals surface area contributed by atoms with Crippen LogP contribution in [0.3, 0.4) is 0 Å². The Morgan fingerprint density at radius 3 is 2.34 bits per heavy atom. The molecule has 1 aromatic carbocycles. The first-order valence-corrected chi connectivity index (χ1v) is 8.46. The van der Waals surface area contributed by atoms with Crippen molar-refractivity contribution in [2.24, 2.45) is 0 Å². The van der Waals surface area contributed by atoms with Crippen molar-refractivity contribution in [3.63, 3.8) is 0 Å². The number of rotatable bonds is 6. The van der Waals surface area contributed by atoms with E-state index in [0.717, 1.165) is 10.5 Å². The summed E-state index contributed by atoms with van der Waals surface area (Å²) in [6, 6.07) is 1.84. The highest BCUT2D eigenvalue weighted by atomic mass is 19.4. The molecule has 0 bridgehead atoms. The maximum atomic E-state index is 13.8. The third kappa shape index (κ3) is 4.14. The van der Waals surface area contributed by atoms with E-state index in [9.17, 15) is 26.3 Å². The lowest BCUT2D eigenvalue weighted by Gasteiger charge is -2.21. The van der Waals surface area contributed by atoms with Crippen molar-refractivity contribution in [1.29, 1.82) is 0 Å². The number of hydrogen-bond acceptors (Lipinski definition) is 4. The van der Waals surface area contributed by atoms with Crippen LogP contribution in [0.2, 0.25) is 0 Å². The van der Waals surface area contributed by atoms with Crippen molar-refractivity contribution in [2.75, 3.05) is 6.61 Å². The van der Waals surface area contributed by atoms with Gasteiger partial charge in [-0.25, -0.2) is 13.2 Å². The number of benzene rings is 1. The second kappa shape index (κ2) is 7.90. The maximum Gasteiger partial charge on any atom is 0.420 e. The average molecular weight is 419 g/mol. The second-order valence-corrected chi connectivity index (χ2v) is 6.05. The summed E-state index contributed by atoms with van der Waals surface area (Å²) in [6.45, 7) is 3.18. The highest BCUT2D eigenvalue weighted by Gasteiger charge is 2.39. The Kier molecular flexibility index (Phi) is 5.69. The van der Waals surface area contributed by atoms with Gasteiger partial charge >= 0.3 is 6.18 Å². The van der Waals surface area contributed by atoms with Crippen LogP contribution in [-0.2, 0) is 17.5 Å². The molecule has 0 fully saturated rings. The molecule has 0 aliphatic heterocycles. The topological polar surface area (TPSA) is 48.7 Å². The lowest BCUT2D eigenvalue weighted by molar-refractivity contribution is -0.138. The summed E-state index contributed by atoms with van der Waals surface area (Å²) >= 11 is 0. The summed E-state index contributed by atoms with van der Waals surface area (Å²) in [6.07, 6.45) is -5.00. The molecule has 0 spiro atoms. The Morgan fingerprint density at radius 1 is 1.10 bits per heavy atom. The molecule has 0 aliphatic rings. The molecule has 0 amide bonds. The number of ether oxygens (including phenoxy) is 2. The number of pyridine rings is 1. The molecule has 29 heavy (non-hydrogen) atoms.